The highest BCUT2D eigenvalue weighted by Gasteiger charge is 2.02. The van der Waals surface area contributed by atoms with Crippen LogP contribution in [0.3, 0.4) is 0 Å². The molecule has 0 saturated heterocycles. The number of hydrogen-bond donors (Lipinski definition) is 1. The normalized spacial score (nSPS) is 10.9. The summed E-state index contributed by atoms with van der Waals surface area (Å²) in [6.45, 7) is 6.38. The van der Waals surface area contributed by atoms with Gasteiger partial charge in [0.25, 0.3) is 0 Å². The number of nitrogens with zero attached hydrogens (tertiary/aromatic N) is 3. The van der Waals surface area contributed by atoms with Crippen LogP contribution < -0.4 is 5.32 Å². The van der Waals surface area contributed by atoms with Gasteiger partial charge in [-0.25, -0.2) is 4.98 Å². The van der Waals surface area contributed by atoms with Crippen LogP contribution in [-0.4, -0.2) is 14.7 Å². The molecule has 2 aromatic heterocycles. The third-order valence-electron chi connectivity index (χ3n) is 2.41. The first-order valence-electron chi connectivity index (χ1n) is 5.42. The van der Waals surface area contributed by atoms with Crippen molar-refractivity contribution >= 4 is 0 Å². The van der Waals surface area contributed by atoms with Gasteiger partial charge in [0.05, 0.1) is 12.2 Å². The van der Waals surface area contributed by atoms with Crippen LogP contribution >= 0.6 is 0 Å². The van der Waals surface area contributed by atoms with Gasteiger partial charge >= 0.3 is 0 Å². The molecule has 1 N–H and O–H groups in total. The second kappa shape index (κ2) is 4.94. The molecule has 0 aliphatic heterocycles. The smallest absolute Gasteiger partial charge is 0.133 e. The number of aryl methyl sites for hydroxylation is 2. The third kappa shape index (κ3) is 2.49. The Hall–Kier alpha value is -1.62. The summed E-state index contributed by atoms with van der Waals surface area (Å²) in [6.07, 6.45) is 3.80. The molecule has 0 fully saturated rings. The minimum absolute atomic E-state index is 0.702. The predicted molar refractivity (Wildman–Crippen MR) is 59.7 cm³/mol. The zero-order chi connectivity index (χ0) is 11.4. The SMILES string of the molecule is CCn1ccnc1CNCc1cc(C)on1. The van der Waals surface area contributed by atoms with E-state index in [0.29, 0.717) is 6.54 Å². The van der Waals surface area contributed by atoms with Crippen LogP contribution in [-0.2, 0) is 19.6 Å². The number of aromatic nitrogens is 3. The van der Waals surface area contributed by atoms with Crippen molar-refractivity contribution < 1.29 is 4.52 Å². The second-order valence-corrected chi connectivity index (χ2v) is 3.66. The molecule has 5 heteroatoms. The predicted octanol–water partition coefficient (Wildman–Crippen LogP) is 1.49. The molecule has 0 radical (unpaired) electrons. The van der Waals surface area contributed by atoms with E-state index >= 15 is 0 Å². The highest BCUT2D eigenvalue weighted by Crippen LogP contribution is 2.02. The molecule has 0 aliphatic rings. The summed E-state index contributed by atoms with van der Waals surface area (Å²) in [5.41, 5.74) is 0.923. The van der Waals surface area contributed by atoms with Gasteiger partial charge in [0.15, 0.2) is 0 Å². The van der Waals surface area contributed by atoms with Crippen molar-refractivity contribution in [3.8, 4) is 0 Å². The fraction of sp³-hybridized carbons (Fsp3) is 0.455. The van der Waals surface area contributed by atoms with Crippen LogP contribution in [0.5, 0.6) is 0 Å². The highest BCUT2D eigenvalue weighted by atomic mass is 16.5. The van der Waals surface area contributed by atoms with Gasteiger partial charge in [-0.2, -0.15) is 0 Å². The molecule has 0 spiro atoms. The summed E-state index contributed by atoms with van der Waals surface area (Å²) in [5, 5.41) is 7.20. The van der Waals surface area contributed by atoms with Crippen molar-refractivity contribution in [2.24, 2.45) is 0 Å². The maximum Gasteiger partial charge on any atom is 0.133 e. The van der Waals surface area contributed by atoms with Crippen LogP contribution in [0.2, 0.25) is 0 Å². The van der Waals surface area contributed by atoms with E-state index in [2.05, 4.69) is 26.9 Å². The summed E-state index contributed by atoms with van der Waals surface area (Å²) in [5.74, 6) is 1.88. The van der Waals surface area contributed by atoms with Gasteiger partial charge in [-0.1, -0.05) is 5.16 Å². The van der Waals surface area contributed by atoms with E-state index in [9.17, 15) is 0 Å². The Morgan fingerprint density at radius 3 is 3.00 bits per heavy atom. The summed E-state index contributed by atoms with van der Waals surface area (Å²) in [7, 11) is 0. The summed E-state index contributed by atoms with van der Waals surface area (Å²) in [6, 6.07) is 1.93. The monoisotopic (exact) mass is 220 g/mol. The van der Waals surface area contributed by atoms with E-state index < -0.39 is 0 Å². The van der Waals surface area contributed by atoms with Crippen molar-refractivity contribution in [3.05, 3.63) is 35.7 Å². The van der Waals surface area contributed by atoms with Crippen LogP contribution in [0.15, 0.2) is 23.0 Å². The molecule has 2 heterocycles. The van der Waals surface area contributed by atoms with E-state index in [-0.39, 0.29) is 0 Å². The summed E-state index contributed by atoms with van der Waals surface area (Å²) >= 11 is 0. The zero-order valence-corrected chi connectivity index (χ0v) is 9.60. The Bertz CT molecular complexity index is 446. The molecule has 0 bridgehead atoms. The lowest BCUT2D eigenvalue weighted by molar-refractivity contribution is 0.388. The minimum Gasteiger partial charge on any atom is -0.361 e. The maximum atomic E-state index is 4.99. The average Bonchev–Trinajstić information content (AvgIpc) is 2.87. The molecule has 16 heavy (non-hydrogen) atoms. The van der Waals surface area contributed by atoms with Crippen molar-refractivity contribution in [3.63, 3.8) is 0 Å². The summed E-state index contributed by atoms with van der Waals surface area (Å²) < 4.78 is 7.10. The average molecular weight is 220 g/mol. The van der Waals surface area contributed by atoms with Crippen molar-refractivity contribution in [1.29, 1.82) is 0 Å². The molecule has 5 nitrogen and oxygen atoms in total. The van der Waals surface area contributed by atoms with E-state index in [0.717, 1.165) is 30.4 Å². The van der Waals surface area contributed by atoms with Crippen molar-refractivity contribution in [2.75, 3.05) is 0 Å². The molecular formula is C11H16N4O. The maximum absolute atomic E-state index is 4.99. The Labute approximate surface area is 94.5 Å². The number of hydrogen-bond acceptors (Lipinski definition) is 4. The molecule has 0 unspecified atom stereocenters. The first-order valence-corrected chi connectivity index (χ1v) is 5.42. The van der Waals surface area contributed by atoms with Crippen LogP contribution in [0.25, 0.3) is 0 Å². The lowest BCUT2D eigenvalue weighted by atomic mass is 10.4. The molecule has 0 amide bonds. The van der Waals surface area contributed by atoms with Gasteiger partial charge in [-0.3, -0.25) is 0 Å². The first kappa shape index (κ1) is 10.9. The standard InChI is InChI=1S/C11H16N4O/c1-3-15-5-4-13-11(15)8-12-7-10-6-9(2)16-14-10/h4-6,12H,3,7-8H2,1-2H3. The molecule has 0 atom stereocenters. The fourth-order valence-corrected chi connectivity index (χ4v) is 1.60. The lowest BCUT2D eigenvalue weighted by Gasteiger charge is -2.04. The topological polar surface area (TPSA) is 55.9 Å². The highest BCUT2D eigenvalue weighted by molar-refractivity contribution is 5.03. The minimum atomic E-state index is 0.702. The van der Waals surface area contributed by atoms with Crippen molar-refractivity contribution in [1.82, 2.24) is 20.0 Å². The molecule has 2 rings (SSSR count). The third-order valence-corrected chi connectivity index (χ3v) is 2.41. The summed E-state index contributed by atoms with van der Waals surface area (Å²) in [4.78, 5) is 4.28. The lowest BCUT2D eigenvalue weighted by Crippen LogP contribution is -2.16. The first-order chi connectivity index (χ1) is 7.79. The Balaban J connectivity index is 1.84. The van der Waals surface area contributed by atoms with Gasteiger partial charge in [-0.05, 0) is 13.8 Å². The zero-order valence-electron chi connectivity index (χ0n) is 9.60. The van der Waals surface area contributed by atoms with Crippen LogP contribution in [0, 0.1) is 6.92 Å². The van der Waals surface area contributed by atoms with Crippen molar-refractivity contribution in [2.45, 2.75) is 33.5 Å². The van der Waals surface area contributed by atoms with E-state index in [1.165, 1.54) is 0 Å². The molecule has 86 valence electrons. The Morgan fingerprint density at radius 2 is 2.31 bits per heavy atom. The van der Waals surface area contributed by atoms with Crippen LogP contribution in [0.1, 0.15) is 24.2 Å². The fourth-order valence-electron chi connectivity index (χ4n) is 1.60. The number of imidazole rings is 1. The second-order valence-electron chi connectivity index (χ2n) is 3.66. The van der Waals surface area contributed by atoms with E-state index in [1.54, 1.807) is 0 Å². The van der Waals surface area contributed by atoms with Crippen LogP contribution in [0.4, 0.5) is 0 Å². The Morgan fingerprint density at radius 1 is 1.44 bits per heavy atom. The molecule has 0 saturated carbocycles. The quantitative estimate of drug-likeness (QED) is 0.829. The number of nitrogens with one attached hydrogen (secondary N) is 1. The van der Waals surface area contributed by atoms with E-state index in [1.807, 2.05) is 25.4 Å². The molecule has 0 aliphatic carbocycles. The number of rotatable bonds is 5. The van der Waals surface area contributed by atoms with Gasteiger partial charge in [0.1, 0.15) is 11.6 Å². The molecular weight excluding hydrogens is 204 g/mol. The van der Waals surface area contributed by atoms with Gasteiger partial charge in [-0.15, -0.1) is 0 Å². The van der Waals surface area contributed by atoms with Gasteiger partial charge < -0.3 is 14.4 Å². The Kier molecular flexibility index (Phi) is 3.36. The molecule has 2 aromatic rings. The van der Waals surface area contributed by atoms with Gasteiger partial charge in [0, 0.05) is 31.5 Å². The largest absolute Gasteiger partial charge is 0.361 e. The molecule has 0 aromatic carbocycles. The van der Waals surface area contributed by atoms with E-state index in [4.69, 9.17) is 4.52 Å². The van der Waals surface area contributed by atoms with Gasteiger partial charge in [0.2, 0.25) is 0 Å².